The van der Waals surface area contributed by atoms with E-state index in [2.05, 4.69) is 55.4 Å². The molecule has 0 radical (unpaired) electrons. The zero-order valence-electron chi connectivity index (χ0n) is 16.7. The smallest absolute Gasteiger partial charge is 0.355 e. The second kappa shape index (κ2) is 8.05. The highest BCUT2D eigenvalue weighted by atomic mass is 16.4. The van der Waals surface area contributed by atoms with Gasteiger partial charge in [0.25, 0.3) is 0 Å². The Hall–Kier alpha value is -3.82. The Balaban J connectivity index is 1.89. The Labute approximate surface area is 167 Å². The van der Waals surface area contributed by atoms with Crippen molar-refractivity contribution in [1.29, 1.82) is 0 Å². The number of carboxylic acid groups (broad SMARTS) is 1. The monoisotopic (exact) mass is 394 g/mol. The molecule has 0 spiro atoms. The van der Waals surface area contributed by atoms with Crippen LogP contribution in [0.1, 0.15) is 25.7 Å². The topological polar surface area (TPSA) is 121 Å². The lowest BCUT2D eigenvalue weighted by atomic mass is 10.3. The molecule has 0 aromatic carbocycles. The van der Waals surface area contributed by atoms with E-state index in [1.165, 1.54) is 11.1 Å². The van der Waals surface area contributed by atoms with Gasteiger partial charge in [0.05, 0.1) is 11.7 Å². The normalized spacial score (nSPS) is 11.7. The molecule has 0 fully saturated rings. The summed E-state index contributed by atoms with van der Waals surface area (Å²) in [4.78, 5) is 33.5. The Morgan fingerprint density at radius 3 is 2.76 bits per heavy atom. The maximum Gasteiger partial charge on any atom is 0.355 e. The highest BCUT2D eigenvalue weighted by Gasteiger charge is 2.13. The summed E-state index contributed by atoms with van der Waals surface area (Å²) in [5.41, 5.74) is 1.60. The van der Waals surface area contributed by atoms with Crippen LogP contribution in [0.5, 0.6) is 0 Å². The molecular formula is C19H22N8O2. The first-order chi connectivity index (χ1) is 13.8. The van der Waals surface area contributed by atoms with Gasteiger partial charge in [-0.05, 0) is 33.6 Å². The minimum Gasteiger partial charge on any atom is -0.476 e. The fourth-order valence-electron chi connectivity index (χ4n) is 2.96. The first-order valence-corrected chi connectivity index (χ1v) is 8.89. The third-order valence-electron chi connectivity index (χ3n) is 4.19. The van der Waals surface area contributed by atoms with Gasteiger partial charge < -0.3 is 19.9 Å². The van der Waals surface area contributed by atoms with E-state index in [0.29, 0.717) is 17.6 Å². The predicted molar refractivity (Wildman–Crippen MR) is 112 cm³/mol. The van der Waals surface area contributed by atoms with E-state index >= 15 is 0 Å². The van der Waals surface area contributed by atoms with E-state index in [9.17, 15) is 4.79 Å². The summed E-state index contributed by atoms with van der Waals surface area (Å²) in [6.07, 6.45) is 4.58. The summed E-state index contributed by atoms with van der Waals surface area (Å²) in [6, 6.07) is 3.88. The molecule has 10 heteroatoms. The molecule has 10 nitrogen and oxygen atoms in total. The molecule has 0 saturated heterocycles. The molecule has 150 valence electrons. The second-order valence-electron chi connectivity index (χ2n) is 6.64. The molecular weight excluding hydrogens is 372 g/mol. The van der Waals surface area contributed by atoms with E-state index in [4.69, 9.17) is 5.11 Å². The van der Waals surface area contributed by atoms with Crippen molar-refractivity contribution in [2.24, 2.45) is 4.99 Å². The fourth-order valence-corrected chi connectivity index (χ4v) is 2.96. The van der Waals surface area contributed by atoms with Gasteiger partial charge in [-0.2, -0.15) is 4.98 Å². The zero-order chi connectivity index (χ0) is 21.1. The summed E-state index contributed by atoms with van der Waals surface area (Å²) >= 11 is 0. The molecule has 29 heavy (non-hydrogen) atoms. The van der Waals surface area contributed by atoms with E-state index in [0.717, 1.165) is 16.9 Å². The average molecular weight is 394 g/mol. The van der Waals surface area contributed by atoms with Crippen molar-refractivity contribution in [1.82, 2.24) is 24.5 Å². The average Bonchev–Trinajstić information content (AvgIpc) is 3.01. The standard InChI is InChI=1S/C19H22N8O2/c1-11(2)27-12(3)23-13-9-22-17(8-15(13)27)24-16-6-7-21-19(25-16)26(5)10-14(20-4)18(28)29/h6-11H,4H2,1-3,5H3,(H,28,29)(H,21,22,24,25)/b14-10-. The first-order valence-electron chi connectivity index (χ1n) is 8.89. The quantitative estimate of drug-likeness (QED) is 0.463. The third kappa shape index (κ3) is 4.21. The van der Waals surface area contributed by atoms with Crippen LogP contribution in [-0.4, -0.2) is 49.3 Å². The van der Waals surface area contributed by atoms with Crippen LogP contribution >= 0.6 is 0 Å². The van der Waals surface area contributed by atoms with Crippen molar-refractivity contribution >= 4 is 41.3 Å². The summed E-state index contributed by atoms with van der Waals surface area (Å²) in [5.74, 6) is 1.16. The summed E-state index contributed by atoms with van der Waals surface area (Å²) < 4.78 is 2.14. The van der Waals surface area contributed by atoms with Gasteiger partial charge in [0.1, 0.15) is 23.0 Å². The molecule has 0 aliphatic heterocycles. The fraction of sp³-hybridized carbons (Fsp3) is 0.263. The van der Waals surface area contributed by atoms with E-state index < -0.39 is 5.97 Å². The van der Waals surface area contributed by atoms with E-state index in [1.54, 1.807) is 25.5 Å². The number of carboxylic acids is 1. The molecule has 0 saturated carbocycles. The molecule has 3 aromatic heterocycles. The second-order valence-corrected chi connectivity index (χ2v) is 6.64. The Morgan fingerprint density at radius 1 is 1.34 bits per heavy atom. The predicted octanol–water partition coefficient (Wildman–Crippen LogP) is 2.92. The van der Waals surface area contributed by atoms with Crippen LogP contribution in [0.2, 0.25) is 0 Å². The Kier molecular flexibility index (Phi) is 5.53. The molecule has 0 aliphatic carbocycles. The minimum atomic E-state index is -1.18. The summed E-state index contributed by atoms with van der Waals surface area (Å²) in [7, 11) is 1.63. The van der Waals surface area contributed by atoms with Gasteiger partial charge in [0.15, 0.2) is 5.70 Å². The van der Waals surface area contributed by atoms with Crippen molar-refractivity contribution in [2.45, 2.75) is 26.8 Å². The van der Waals surface area contributed by atoms with Crippen LogP contribution in [0.25, 0.3) is 11.0 Å². The van der Waals surface area contributed by atoms with Gasteiger partial charge in [0, 0.05) is 31.6 Å². The minimum absolute atomic E-state index is 0.209. The SMILES string of the molecule is C=N/C(=C\N(C)c1nccc(Nc2cc3c(cn2)nc(C)n3C(C)C)n1)C(=O)O. The number of fused-ring (bicyclic) bond motifs is 1. The number of hydrogen-bond donors (Lipinski definition) is 2. The number of nitrogens with one attached hydrogen (secondary N) is 1. The van der Waals surface area contributed by atoms with Crippen molar-refractivity contribution in [3.63, 3.8) is 0 Å². The van der Waals surface area contributed by atoms with Crippen molar-refractivity contribution in [3.8, 4) is 0 Å². The number of anilines is 3. The van der Waals surface area contributed by atoms with Gasteiger partial charge in [-0.3, -0.25) is 4.99 Å². The molecule has 0 amide bonds. The van der Waals surface area contributed by atoms with Gasteiger partial charge >= 0.3 is 5.97 Å². The number of hydrogen-bond acceptors (Lipinski definition) is 8. The molecule has 0 bridgehead atoms. The van der Waals surface area contributed by atoms with Gasteiger partial charge in [-0.15, -0.1) is 0 Å². The maximum atomic E-state index is 11.1. The van der Waals surface area contributed by atoms with Crippen molar-refractivity contribution < 1.29 is 9.90 Å². The number of aliphatic carboxylic acids is 1. The van der Waals surface area contributed by atoms with Crippen LogP contribution in [0.4, 0.5) is 17.6 Å². The number of rotatable bonds is 7. The number of aromatic nitrogens is 5. The third-order valence-corrected chi connectivity index (χ3v) is 4.19. The number of carbonyl (C=O) groups is 1. The largest absolute Gasteiger partial charge is 0.476 e. The molecule has 3 aromatic rings. The van der Waals surface area contributed by atoms with Crippen LogP contribution in [0, 0.1) is 6.92 Å². The molecule has 3 rings (SSSR count). The van der Waals surface area contributed by atoms with Crippen LogP contribution < -0.4 is 10.2 Å². The molecule has 2 N–H and O–H groups in total. The van der Waals surface area contributed by atoms with E-state index in [-0.39, 0.29) is 11.7 Å². The maximum absolute atomic E-state index is 11.1. The highest BCUT2D eigenvalue weighted by Crippen LogP contribution is 2.24. The van der Waals surface area contributed by atoms with Crippen LogP contribution in [0.15, 0.2) is 41.4 Å². The van der Waals surface area contributed by atoms with Crippen molar-refractivity contribution in [3.05, 3.63) is 42.2 Å². The number of imidazole rings is 1. The summed E-state index contributed by atoms with van der Waals surface area (Å²) in [6.45, 7) is 9.43. The van der Waals surface area contributed by atoms with Gasteiger partial charge in [0.2, 0.25) is 5.95 Å². The Morgan fingerprint density at radius 2 is 2.10 bits per heavy atom. The number of aliphatic imine (C=N–C) groups is 1. The highest BCUT2D eigenvalue weighted by molar-refractivity contribution is 5.87. The first kappa shape index (κ1) is 19.9. The van der Waals surface area contributed by atoms with Crippen molar-refractivity contribution in [2.75, 3.05) is 17.3 Å². The lowest BCUT2D eigenvalue weighted by Crippen LogP contribution is -2.15. The molecule has 0 atom stereocenters. The van der Waals surface area contributed by atoms with Gasteiger partial charge in [-0.1, -0.05) is 0 Å². The zero-order valence-corrected chi connectivity index (χ0v) is 16.7. The van der Waals surface area contributed by atoms with E-state index in [1.807, 2.05) is 13.0 Å². The lowest BCUT2D eigenvalue weighted by Gasteiger charge is -2.14. The molecule has 0 unspecified atom stereocenters. The number of aryl methyl sites for hydroxylation is 1. The summed E-state index contributed by atoms with van der Waals surface area (Å²) in [5, 5.41) is 12.2. The van der Waals surface area contributed by atoms with Crippen LogP contribution in [-0.2, 0) is 4.79 Å². The molecule has 0 aliphatic rings. The van der Waals surface area contributed by atoms with Gasteiger partial charge in [-0.25, -0.2) is 19.7 Å². The Bertz CT molecular complexity index is 1100. The van der Waals surface area contributed by atoms with Crippen LogP contribution in [0.3, 0.4) is 0 Å². The number of pyridine rings is 1. The lowest BCUT2D eigenvalue weighted by molar-refractivity contribution is -0.132. The molecule has 3 heterocycles. The number of nitrogens with zero attached hydrogens (tertiary/aromatic N) is 7.